The van der Waals surface area contributed by atoms with Gasteiger partial charge in [-0.25, -0.2) is 15.0 Å². The maximum atomic E-state index is 6.88. The Morgan fingerprint density at radius 1 is 0.306 bits per heavy atom. The zero-order valence-electron chi connectivity index (χ0n) is 33.3. The summed E-state index contributed by atoms with van der Waals surface area (Å²) in [6.45, 7) is 0. The monoisotopic (exact) mass is 790 g/mol. The molecule has 0 bridgehead atoms. The highest BCUT2D eigenvalue weighted by Gasteiger charge is 2.20. The fourth-order valence-corrected chi connectivity index (χ4v) is 9.39. The summed E-state index contributed by atoms with van der Waals surface area (Å²) < 4.78 is 9.29. The third kappa shape index (κ3) is 5.45. The van der Waals surface area contributed by atoms with Crippen LogP contribution in [-0.2, 0) is 0 Å². The topological polar surface area (TPSA) is 56.7 Å². The molecule has 13 aromatic rings. The van der Waals surface area contributed by atoms with Crippen molar-refractivity contribution in [3.63, 3.8) is 0 Å². The summed E-state index contributed by atoms with van der Waals surface area (Å²) in [4.78, 5) is 15.2. The predicted molar refractivity (Wildman–Crippen MR) is 256 cm³/mol. The average Bonchev–Trinajstić information content (AvgIpc) is 3.87. The highest BCUT2D eigenvalue weighted by Crippen LogP contribution is 2.42. The molecule has 0 atom stereocenters. The smallest absolute Gasteiger partial charge is 0.164 e. The van der Waals surface area contributed by atoms with Crippen molar-refractivity contribution in [1.29, 1.82) is 0 Å². The van der Waals surface area contributed by atoms with E-state index in [0.29, 0.717) is 17.5 Å². The lowest BCUT2D eigenvalue weighted by Gasteiger charge is -2.13. The van der Waals surface area contributed by atoms with E-state index < -0.39 is 0 Å². The lowest BCUT2D eigenvalue weighted by atomic mass is 10.00. The van der Waals surface area contributed by atoms with Crippen LogP contribution in [0.5, 0.6) is 0 Å². The van der Waals surface area contributed by atoms with Crippen LogP contribution in [0.3, 0.4) is 0 Å². The molecule has 62 heavy (non-hydrogen) atoms. The highest BCUT2D eigenvalue weighted by molar-refractivity contribution is 6.22. The van der Waals surface area contributed by atoms with Crippen molar-refractivity contribution in [2.45, 2.75) is 0 Å². The van der Waals surface area contributed by atoms with Crippen molar-refractivity contribution in [2.24, 2.45) is 0 Å². The minimum absolute atomic E-state index is 0.581. The van der Waals surface area contributed by atoms with E-state index in [2.05, 4.69) is 180 Å². The lowest BCUT2D eigenvalue weighted by Crippen LogP contribution is -2.00. The molecule has 0 fully saturated rings. The van der Waals surface area contributed by atoms with Gasteiger partial charge in [0.1, 0.15) is 11.2 Å². The first-order valence-corrected chi connectivity index (χ1v) is 20.9. The Kier molecular flexibility index (Phi) is 7.54. The molecule has 0 unspecified atom stereocenters. The third-order valence-corrected chi connectivity index (χ3v) is 12.4. The largest absolute Gasteiger partial charge is 0.456 e. The van der Waals surface area contributed by atoms with Gasteiger partial charge in [-0.3, -0.25) is 0 Å². The first kappa shape index (κ1) is 34.5. The number of hydrogen-bond acceptors (Lipinski definition) is 4. The van der Waals surface area contributed by atoms with Gasteiger partial charge in [0.25, 0.3) is 0 Å². The van der Waals surface area contributed by atoms with Crippen LogP contribution in [-0.4, -0.2) is 19.5 Å². The molecular formula is C57H34N4O. The second-order valence-electron chi connectivity index (χ2n) is 16.0. The lowest BCUT2D eigenvalue weighted by molar-refractivity contribution is 0.669. The molecule has 0 amide bonds. The Morgan fingerprint density at radius 3 is 1.65 bits per heavy atom. The Hall–Kier alpha value is -8.41. The minimum atomic E-state index is 0.581. The zero-order chi connectivity index (χ0) is 40.7. The number of rotatable bonds is 5. The molecule has 0 aliphatic heterocycles. The van der Waals surface area contributed by atoms with E-state index in [4.69, 9.17) is 19.4 Å². The van der Waals surface area contributed by atoms with E-state index in [0.717, 1.165) is 71.7 Å². The summed E-state index contributed by atoms with van der Waals surface area (Å²) in [5, 5.41) is 11.8. The fourth-order valence-electron chi connectivity index (χ4n) is 9.39. The van der Waals surface area contributed by atoms with Crippen LogP contribution in [0, 0.1) is 0 Å². The molecule has 5 heteroatoms. The van der Waals surface area contributed by atoms with E-state index in [1.807, 2.05) is 30.3 Å². The second-order valence-corrected chi connectivity index (χ2v) is 16.0. The highest BCUT2D eigenvalue weighted by atomic mass is 16.3. The molecule has 3 aromatic heterocycles. The van der Waals surface area contributed by atoms with Gasteiger partial charge < -0.3 is 8.98 Å². The third-order valence-electron chi connectivity index (χ3n) is 12.4. The SMILES string of the molecule is c1ccc(-c2nc(-c3ccc(-c4ccc5ccccc5c4)cc3)nc(-c3ccc4c(c3)oc3cc(-n5c6ccccc6c6cc7ccccc7cc65)c5ccccc5c34)n2)cc1. The van der Waals surface area contributed by atoms with Crippen LogP contribution in [0.2, 0.25) is 0 Å². The van der Waals surface area contributed by atoms with E-state index in [1.54, 1.807) is 0 Å². The molecule has 13 rings (SSSR count). The average molecular weight is 791 g/mol. The molecule has 0 saturated heterocycles. The molecule has 0 radical (unpaired) electrons. The van der Waals surface area contributed by atoms with E-state index >= 15 is 0 Å². The van der Waals surface area contributed by atoms with Crippen molar-refractivity contribution < 1.29 is 4.42 Å². The summed E-state index contributed by atoms with van der Waals surface area (Å²) in [5.41, 5.74) is 9.98. The molecule has 10 aromatic carbocycles. The van der Waals surface area contributed by atoms with Gasteiger partial charge in [-0.05, 0) is 74.5 Å². The van der Waals surface area contributed by atoms with E-state index in [-0.39, 0.29) is 0 Å². The quantitative estimate of drug-likeness (QED) is 0.174. The van der Waals surface area contributed by atoms with Gasteiger partial charge in [-0.2, -0.15) is 0 Å². The zero-order valence-corrected chi connectivity index (χ0v) is 33.3. The van der Waals surface area contributed by atoms with Crippen molar-refractivity contribution in [3.05, 3.63) is 206 Å². The van der Waals surface area contributed by atoms with E-state index in [1.165, 1.54) is 37.9 Å². The normalized spacial score (nSPS) is 11.9. The summed E-state index contributed by atoms with van der Waals surface area (Å²) in [6, 6.07) is 72.8. The summed E-state index contributed by atoms with van der Waals surface area (Å²) in [6.07, 6.45) is 0. The van der Waals surface area contributed by atoms with Crippen molar-refractivity contribution >= 4 is 76.1 Å². The standard InChI is InChI=1S/C57H34N4O/c1-2-13-37(14-3-1)55-58-56(38-25-22-36(23-26-38)42-27-24-35-12-4-5-15-39(35)30-42)60-57(59-55)43-28-29-47-52(33-43)62-53-34-51(44-18-8-9-20-46(44)54(47)53)61-49-21-11-10-19-45(49)48-31-40-16-6-7-17-41(40)32-50(48)61/h1-34H. The van der Waals surface area contributed by atoms with Crippen molar-refractivity contribution in [2.75, 3.05) is 0 Å². The summed E-state index contributed by atoms with van der Waals surface area (Å²) >= 11 is 0. The molecule has 0 saturated carbocycles. The van der Waals surface area contributed by atoms with Crippen LogP contribution in [0.15, 0.2) is 211 Å². The Morgan fingerprint density at radius 2 is 0.871 bits per heavy atom. The maximum absolute atomic E-state index is 6.88. The summed E-state index contributed by atoms with van der Waals surface area (Å²) in [7, 11) is 0. The molecule has 3 heterocycles. The Bertz CT molecular complexity index is 3920. The molecule has 0 spiro atoms. The number of furan rings is 1. The molecule has 5 nitrogen and oxygen atoms in total. The van der Waals surface area contributed by atoms with Gasteiger partial charge in [-0.15, -0.1) is 0 Å². The number of aromatic nitrogens is 4. The molecule has 0 aliphatic carbocycles. The van der Waals surface area contributed by atoms with Gasteiger partial charge in [0.05, 0.1) is 16.7 Å². The predicted octanol–water partition coefficient (Wildman–Crippen LogP) is 15.0. The van der Waals surface area contributed by atoms with Crippen molar-refractivity contribution in [1.82, 2.24) is 19.5 Å². The molecular weight excluding hydrogens is 757 g/mol. The Balaban J connectivity index is 0.963. The first-order chi connectivity index (χ1) is 30.7. The van der Waals surface area contributed by atoms with Crippen LogP contribution in [0.1, 0.15) is 0 Å². The van der Waals surface area contributed by atoms with Crippen molar-refractivity contribution in [3.8, 4) is 51.0 Å². The fraction of sp³-hybridized carbons (Fsp3) is 0. The molecule has 0 N–H and O–H groups in total. The van der Waals surface area contributed by atoms with Gasteiger partial charge >= 0.3 is 0 Å². The van der Waals surface area contributed by atoms with Gasteiger partial charge in [-0.1, -0.05) is 164 Å². The molecule has 288 valence electrons. The number of nitrogens with zero attached hydrogens (tertiary/aromatic N) is 4. The summed E-state index contributed by atoms with van der Waals surface area (Å²) in [5.74, 6) is 1.81. The minimum Gasteiger partial charge on any atom is -0.456 e. The van der Waals surface area contributed by atoms with Gasteiger partial charge in [0.2, 0.25) is 0 Å². The number of para-hydroxylation sites is 1. The first-order valence-electron chi connectivity index (χ1n) is 20.9. The maximum Gasteiger partial charge on any atom is 0.164 e. The number of benzene rings is 10. The van der Waals surface area contributed by atoms with Gasteiger partial charge in [0, 0.05) is 49.7 Å². The van der Waals surface area contributed by atoms with Crippen LogP contribution < -0.4 is 0 Å². The number of hydrogen-bond donors (Lipinski definition) is 0. The molecule has 0 aliphatic rings. The van der Waals surface area contributed by atoms with Gasteiger partial charge in [0.15, 0.2) is 17.5 Å². The second kappa shape index (κ2) is 13.6. The van der Waals surface area contributed by atoms with Crippen LogP contribution in [0.25, 0.3) is 127 Å². The number of fused-ring (bicyclic) bond motifs is 10. The Labute approximate surface area is 355 Å². The van der Waals surface area contributed by atoms with E-state index in [9.17, 15) is 0 Å². The van der Waals surface area contributed by atoms with Crippen LogP contribution in [0.4, 0.5) is 0 Å². The van der Waals surface area contributed by atoms with Crippen LogP contribution >= 0.6 is 0 Å².